The molecule has 1 unspecified atom stereocenters. The topological polar surface area (TPSA) is 58.6 Å². The van der Waals surface area contributed by atoms with Crippen molar-refractivity contribution in [1.82, 2.24) is 9.62 Å². The van der Waals surface area contributed by atoms with Crippen LogP contribution in [0.4, 0.5) is 0 Å². The third-order valence-electron chi connectivity index (χ3n) is 3.76. The number of sulfonamides is 1. The Morgan fingerprint density at radius 1 is 1.43 bits per heavy atom. The molecule has 5 nitrogen and oxygen atoms in total. The van der Waals surface area contributed by atoms with Crippen LogP contribution in [0, 0.1) is 5.92 Å². The van der Waals surface area contributed by atoms with Crippen molar-refractivity contribution >= 4 is 10.0 Å². The summed E-state index contributed by atoms with van der Waals surface area (Å²) in [6.07, 6.45) is 2.04. The van der Waals surface area contributed by atoms with Crippen LogP contribution in [0.5, 0.6) is 0 Å². The second-order valence-corrected chi connectivity index (χ2v) is 7.59. The molecular formula is C15H24N2O3S. The highest BCUT2D eigenvalue weighted by Crippen LogP contribution is 2.20. The third kappa shape index (κ3) is 4.26. The standard InChI is InChI=1S/C15H24N2O3S/c1-16-10-13-5-3-7-15(9-13)21(18,19)17(2)11-14-6-4-8-20-12-14/h3,5,7,9,14,16H,4,6,8,10-12H2,1-2H3. The van der Waals surface area contributed by atoms with Gasteiger partial charge in [0.1, 0.15) is 0 Å². The van der Waals surface area contributed by atoms with E-state index in [1.54, 1.807) is 25.2 Å². The zero-order valence-electron chi connectivity index (χ0n) is 12.7. The lowest BCUT2D eigenvalue weighted by molar-refractivity contribution is 0.0495. The van der Waals surface area contributed by atoms with Crippen LogP contribution in [-0.2, 0) is 21.3 Å². The number of benzene rings is 1. The molecule has 1 aliphatic rings. The van der Waals surface area contributed by atoms with Crippen molar-refractivity contribution in [3.05, 3.63) is 29.8 Å². The van der Waals surface area contributed by atoms with Crippen LogP contribution >= 0.6 is 0 Å². The molecule has 0 aromatic heterocycles. The number of hydrogen-bond donors (Lipinski definition) is 1. The van der Waals surface area contributed by atoms with Gasteiger partial charge in [-0.1, -0.05) is 12.1 Å². The third-order valence-corrected chi connectivity index (χ3v) is 5.58. The van der Waals surface area contributed by atoms with E-state index in [-0.39, 0.29) is 0 Å². The molecule has 0 amide bonds. The first-order chi connectivity index (χ1) is 10.0. The number of ether oxygens (including phenoxy) is 1. The van der Waals surface area contributed by atoms with Crippen molar-refractivity contribution in [3.63, 3.8) is 0 Å². The van der Waals surface area contributed by atoms with E-state index in [2.05, 4.69) is 5.32 Å². The van der Waals surface area contributed by atoms with Gasteiger partial charge < -0.3 is 10.1 Å². The summed E-state index contributed by atoms with van der Waals surface area (Å²) in [6.45, 7) is 2.61. The molecular weight excluding hydrogens is 288 g/mol. The molecule has 0 saturated carbocycles. The zero-order valence-corrected chi connectivity index (χ0v) is 13.5. The maximum atomic E-state index is 12.6. The second-order valence-electron chi connectivity index (χ2n) is 5.55. The molecule has 1 aromatic rings. The molecule has 2 rings (SSSR count). The van der Waals surface area contributed by atoms with Gasteiger partial charge in [-0.25, -0.2) is 12.7 Å². The molecule has 1 N–H and O–H groups in total. The van der Waals surface area contributed by atoms with Gasteiger partial charge in [-0.15, -0.1) is 0 Å². The summed E-state index contributed by atoms with van der Waals surface area (Å²) >= 11 is 0. The van der Waals surface area contributed by atoms with E-state index in [1.165, 1.54) is 4.31 Å². The largest absolute Gasteiger partial charge is 0.381 e. The summed E-state index contributed by atoms with van der Waals surface area (Å²) in [5.74, 6) is 0.291. The molecule has 0 aliphatic carbocycles. The lowest BCUT2D eigenvalue weighted by Crippen LogP contribution is -2.35. The Hall–Kier alpha value is -0.950. The van der Waals surface area contributed by atoms with E-state index in [4.69, 9.17) is 4.74 Å². The molecule has 21 heavy (non-hydrogen) atoms. The van der Waals surface area contributed by atoms with Crippen LogP contribution in [-0.4, -0.2) is 46.6 Å². The maximum absolute atomic E-state index is 12.6. The molecule has 6 heteroatoms. The highest BCUT2D eigenvalue weighted by Gasteiger charge is 2.25. The highest BCUT2D eigenvalue weighted by atomic mass is 32.2. The lowest BCUT2D eigenvalue weighted by atomic mass is 10.0. The maximum Gasteiger partial charge on any atom is 0.242 e. The van der Waals surface area contributed by atoms with Crippen molar-refractivity contribution in [2.75, 3.05) is 33.9 Å². The summed E-state index contributed by atoms with van der Waals surface area (Å²) < 4.78 is 32.1. The Kier molecular flexibility index (Phi) is 5.75. The first-order valence-electron chi connectivity index (χ1n) is 7.31. The van der Waals surface area contributed by atoms with Crippen molar-refractivity contribution in [2.24, 2.45) is 5.92 Å². The van der Waals surface area contributed by atoms with E-state index < -0.39 is 10.0 Å². The highest BCUT2D eigenvalue weighted by molar-refractivity contribution is 7.89. The SMILES string of the molecule is CNCc1cccc(S(=O)(=O)N(C)CC2CCCOC2)c1. The smallest absolute Gasteiger partial charge is 0.242 e. The predicted octanol–water partition coefficient (Wildman–Crippen LogP) is 1.45. The Morgan fingerprint density at radius 3 is 2.90 bits per heavy atom. The summed E-state index contributed by atoms with van der Waals surface area (Å²) in [5, 5.41) is 3.03. The van der Waals surface area contributed by atoms with E-state index in [0.29, 0.717) is 30.5 Å². The normalized spacial score (nSPS) is 19.9. The van der Waals surface area contributed by atoms with E-state index in [9.17, 15) is 8.42 Å². The van der Waals surface area contributed by atoms with Gasteiger partial charge >= 0.3 is 0 Å². The van der Waals surface area contributed by atoms with E-state index in [1.807, 2.05) is 13.1 Å². The average molecular weight is 312 g/mol. The van der Waals surface area contributed by atoms with Gasteiger partial charge in [0.05, 0.1) is 11.5 Å². The summed E-state index contributed by atoms with van der Waals surface area (Å²) in [4.78, 5) is 0.356. The van der Waals surface area contributed by atoms with Crippen LogP contribution in [0.1, 0.15) is 18.4 Å². The van der Waals surface area contributed by atoms with Gasteiger partial charge in [0, 0.05) is 26.7 Å². The average Bonchev–Trinajstić information content (AvgIpc) is 2.49. The monoisotopic (exact) mass is 312 g/mol. The summed E-state index contributed by atoms with van der Waals surface area (Å²) in [7, 11) is 0.0620. The van der Waals surface area contributed by atoms with Crippen molar-refractivity contribution in [1.29, 1.82) is 0 Å². The van der Waals surface area contributed by atoms with Gasteiger partial charge in [-0.2, -0.15) is 0 Å². The van der Waals surface area contributed by atoms with Crippen LogP contribution in [0.25, 0.3) is 0 Å². The van der Waals surface area contributed by atoms with Crippen LogP contribution in [0.2, 0.25) is 0 Å². The number of nitrogens with zero attached hydrogens (tertiary/aromatic N) is 1. The van der Waals surface area contributed by atoms with Crippen LogP contribution < -0.4 is 5.32 Å². The first-order valence-corrected chi connectivity index (χ1v) is 8.75. The fourth-order valence-corrected chi connectivity index (χ4v) is 3.93. The molecule has 1 aromatic carbocycles. The van der Waals surface area contributed by atoms with Gasteiger partial charge in [-0.05, 0) is 43.5 Å². The predicted molar refractivity (Wildman–Crippen MR) is 82.6 cm³/mol. The Bertz CT molecular complexity index is 554. The molecule has 0 bridgehead atoms. The minimum absolute atomic E-state index is 0.291. The van der Waals surface area contributed by atoms with Gasteiger partial charge in [0.25, 0.3) is 0 Å². The zero-order chi connectivity index (χ0) is 15.3. The van der Waals surface area contributed by atoms with E-state index >= 15 is 0 Å². The summed E-state index contributed by atoms with van der Waals surface area (Å²) in [6, 6.07) is 7.10. The van der Waals surface area contributed by atoms with Gasteiger partial charge in [-0.3, -0.25) is 0 Å². The van der Waals surface area contributed by atoms with Gasteiger partial charge in [0.15, 0.2) is 0 Å². The number of nitrogens with one attached hydrogen (secondary N) is 1. The van der Waals surface area contributed by atoms with E-state index in [0.717, 1.165) is 25.0 Å². The molecule has 1 fully saturated rings. The first kappa shape index (κ1) is 16.4. The molecule has 1 heterocycles. The Labute approximate surface area is 127 Å². The quantitative estimate of drug-likeness (QED) is 0.864. The van der Waals surface area contributed by atoms with Crippen molar-refractivity contribution < 1.29 is 13.2 Å². The van der Waals surface area contributed by atoms with Crippen LogP contribution in [0.15, 0.2) is 29.2 Å². The number of rotatable bonds is 6. The second kappa shape index (κ2) is 7.35. The molecule has 1 aliphatic heterocycles. The molecule has 0 radical (unpaired) electrons. The lowest BCUT2D eigenvalue weighted by Gasteiger charge is -2.26. The molecule has 1 saturated heterocycles. The van der Waals surface area contributed by atoms with Crippen molar-refractivity contribution in [3.8, 4) is 0 Å². The fourth-order valence-electron chi connectivity index (χ4n) is 2.61. The minimum atomic E-state index is -3.43. The Morgan fingerprint density at radius 2 is 2.24 bits per heavy atom. The molecule has 0 spiro atoms. The Balaban J connectivity index is 2.10. The number of hydrogen-bond acceptors (Lipinski definition) is 4. The summed E-state index contributed by atoms with van der Waals surface area (Å²) in [5.41, 5.74) is 0.966. The molecule has 118 valence electrons. The van der Waals surface area contributed by atoms with Crippen LogP contribution in [0.3, 0.4) is 0 Å². The molecule has 1 atom stereocenters. The van der Waals surface area contributed by atoms with Gasteiger partial charge in [0.2, 0.25) is 10.0 Å². The fraction of sp³-hybridized carbons (Fsp3) is 0.600. The van der Waals surface area contributed by atoms with Crippen molar-refractivity contribution in [2.45, 2.75) is 24.3 Å². The minimum Gasteiger partial charge on any atom is -0.381 e.